The second-order valence-corrected chi connectivity index (χ2v) is 15.0. The average molecular weight is 679 g/mol. The maximum atomic E-state index is 15.1. The minimum absolute atomic E-state index is 0.0232. The number of likely N-dealkylation sites (tertiary alicyclic amines) is 2. The quantitative estimate of drug-likeness (QED) is 0.322. The summed E-state index contributed by atoms with van der Waals surface area (Å²) in [5.41, 5.74) is -0.782. The number of rotatable bonds is 6. The maximum Gasteiger partial charge on any atom is 0.410 e. The maximum absolute atomic E-state index is 15.1. The van der Waals surface area contributed by atoms with Crippen LogP contribution in [0.4, 0.5) is 19.7 Å². The molecule has 4 rings (SSSR count). The largest absolute Gasteiger partial charge is 0.480 e. The third-order valence-electron chi connectivity index (χ3n) is 7.12. The lowest BCUT2D eigenvalue weighted by Crippen LogP contribution is -2.45. The number of nitrogens with zero attached hydrogens (tertiary/aromatic N) is 2. The molecular formula is C32H43FN4O9S. The number of carbonyl (C=O) groups excluding carboxylic acids is 2. The van der Waals surface area contributed by atoms with Crippen molar-refractivity contribution in [3.63, 3.8) is 0 Å². The van der Waals surface area contributed by atoms with Crippen LogP contribution in [-0.2, 0) is 24.3 Å². The van der Waals surface area contributed by atoms with E-state index in [4.69, 9.17) is 14.9 Å². The van der Waals surface area contributed by atoms with Gasteiger partial charge in [0, 0.05) is 24.2 Å². The third kappa shape index (κ3) is 10.1. The highest BCUT2D eigenvalue weighted by atomic mass is 32.2. The van der Waals surface area contributed by atoms with E-state index in [0.717, 1.165) is 4.90 Å². The van der Waals surface area contributed by atoms with Crippen LogP contribution in [0.15, 0.2) is 47.4 Å². The van der Waals surface area contributed by atoms with Gasteiger partial charge in [0.25, 0.3) is 0 Å². The van der Waals surface area contributed by atoms with Crippen molar-refractivity contribution < 1.29 is 46.9 Å². The van der Waals surface area contributed by atoms with Gasteiger partial charge in [-0.05, 0) is 91.0 Å². The SMILES string of the molecule is CC(C)(C)NS(=O)(=O)c1ccccc1-c1ccc(NC(=O)C2CCCN2C(=O)OC(C)(C)C)c(F)c1.O=C(O)C1CCCN1C(=O)O. The van der Waals surface area contributed by atoms with Gasteiger partial charge in [-0.1, -0.05) is 24.3 Å². The van der Waals surface area contributed by atoms with Gasteiger partial charge in [-0.15, -0.1) is 0 Å². The fourth-order valence-corrected chi connectivity index (χ4v) is 6.88. The number of carboxylic acid groups (broad SMARTS) is 2. The van der Waals surface area contributed by atoms with Gasteiger partial charge in [0.1, 0.15) is 23.5 Å². The van der Waals surface area contributed by atoms with Crippen LogP contribution < -0.4 is 10.0 Å². The third-order valence-corrected chi connectivity index (χ3v) is 8.94. The summed E-state index contributed by atoms with van der Waals surface area (Å²) in [5, 5.41) is 19.6. The van der Waals surface area contributed by atoms with Crippen molar-refractivity contribution in [1.82, 2.24) is 14.5 Å². The monoisotopic (exact) mass is 678 g/mol. The molecular weight excluding hydrogens is 635 g/mol. The van der Waals surface area contributed by atoms with Crippen molar-refractivity contribution in [1.29, 1.82) is 0 Å². The number of nitrogens with one attached hydrogen (secondary N) is 2. The molecule has 2 atom stereocenters. The first-order valence-electron chi connectivity index (χ1n) is 15.2. The topological polar surface area (TPSA) is 183 Å². The van der Waals surface area contributed by atoms with E-state index in [-0.39, 0.29) is 10.6 Å². The van der Waals surface area contributed by atoms with Gasteiger partial charge in [0.2, 0.25) is 15.9 Å². The van der Waals surface area contributed by atoms with Gasteiger partial charge < -0.3 is 20.3 Å². The molecule has 4 N–H and O–H groups in total. The van der Waals surface area contributed by atoms with Crippen LogP contribution in [0.3, 0.4) is 0 Å². The molecule has 2 aromatic rings. The molecule has 2 aliphatic heterocycles. The average Bonchev–Trinajstić information content (AvgIpc) is 3.63. The van der Waals surface area contributed by atoms with E-state index in [9.17, 15) is 27.6 Å². The Morgan fingerprint density at radius 3 is 2.02 bits per heavy atom. The molecule has 15 heteroatoms. The molecule has 2 unspecified atom stereocenters. The Morgan fingerprint density at radius 1 is 0.894 bits per heavy atom. The molecule has 13 nitrogen and oxygen atoms in total. The number of benzene rings is 2. The van der Waals surface area contributed by atoms with E-state index in [2.05, 4.69) is 10.0 Å². The summed E-state index contributed by atoms with van der Waals surface area (Å²) >= 11 is 0. The van der Waals surface area contributed by atoms with E-state index in [1.165, 1.54) is 23.1 Å². The molecule has 0 bridgehead atoms. The highest BCUT2D eigenvalue weighted by molar-refractivity contribution is 7.89. The van der Waals surface area contributed by atoms with Crippen LogP contribution in [0.2, 0.25) is 0 Å². The number of carboxylic acids is 1. The minimum Gasteiger partial charge on any atom is -0.480 e. The lowest BCUT2D eigenvalue weighted by atomic mass is 10.0. The van der Waals surface area contributed by atoms with Gasteiger partial charge in [-0.2, -0.15) is 0 Å². The number of hydrogen-bond acceptors (Lipinski definition) is 7. The molecule has 0 spiro atoms. The zero-order chi connectivity index (χ0) is 35.3. The first-order valence-corrected chi connectivity index (χ1v) is 16.6. The Kier molecular flexibility index (Phi) is 11.6. The molecule has 258 valence electrons. The van der Waals surface area contributed by atoms with Crippen LogP contribution >= 0.6 is 0 Å². The molecule has 2 heterocycles. The Bertz CT molecular complexity index is 1580. The number of halogens is 1. The summed E-state index contributed by atoms with van der Waals surface area (Å²) in [5.74, 6) is -2.29. The van der Waals surface area contributed by atoms with Gasteiger partial charge >= 0.3 is 18.2 Å². The number of carbonyl (C=O) groups is 4. The van der Waals surface area contributed by atoms with Gasteiger partial charge in [0.05, 0.1) is 10.6 Å². The first-order chi connectivity index (χ1) is 21.7. The Labute approximate surface area is 274 Å². The lowest BCUT2D eigenvalue weighted by molar-refractivity contribution is -0.141. The van der Waals surface area contributed by atoms with Crippen molar-refractivity contribution in [2.75, 3.05) is 18.4 Å². The molecule has 2 saturated heterocycles. The molecule has 0 saturated carbocycles. The van der Waals surface area contributed by atoms with E-state index in [1.54, 1.807) is 65.8 Å². The molecule has 0 aromatic heterocycles. The smallest absolute Gasteiger partial charge is 0.410 e. The Hall–Kier alpha value is -4.24. The van der Waals surface area contributed by atoms with Gasteiger partial charge in [0.15, 0.2) is 0 Å². The van der Waals surface area contributed by atoms with Crippen LogP contribution in [0, 0.1) is 5.82 Å². The molecule has 3 amide bonds. The fourth-order valence-electron chi connectivity index (χ4n) is 5.23. The summed E-state index contributed by atoms with van der Waals surface area (Å²) in [7, 11) is -3.87. The zero-order valence-electron chi connectivity index (χ0n) is 27.4. The van der Waals surface area contributed by atoms with E-state index in [0.29, 0.717) is 49.9 Å². The second kappa shape index (κ2) is 14.7. The number of ether oxygens (including phenoxy) is 1. The van der Waals surface area contributed by atoms with E-state index >= 15 is 4.39 Å². The van der Waals surface area contributed by atoms with Crippen molar-refractivity contribution in [2.24, 2.45) is 0 Å². The fraction of sp³-hybridized carbons (Fsp3) is 0.500. The number of sulfonamides is 1. The van der Waals surface area contributed by atoms with Crippen molar-refractivity contribution in [3.8, 4) is 11.1 Å². The predicted molar refractivity (Wildman–Crippen MR) is 172 cm³/mol. The molecule has 0 radical (unpaired) electrons. The van der Waals surface area contributed by atoms with Crippen LogP contribution in [0.5, 0.6) is 0 Å². The summed E-state index contributed by atoms with van der Waals surface area (Å²) in [4.78, 5) is 48.5. The number of amides is 3. The minimum atomic E-state index is -3.87. The zero-order valence-corrected chi connectivity index (χ0v) is 28.2. The standard InChI is InChI=1S/C26H34FN3O5S.C6H9NO4/c1-25(2,3)29-36(33,34)22-12-8-7-10-18(22)17-13-14-20(19(27)16-17)28-23(31)21-11-9-15-30(21)24(32)35-26(4,5)6;8-5(9)4-2-1-3-7(4)6(10)11/h7-8,10,12-14,16,21,29H,9,11,15H2,1-6H3,(H,28,31);4H,1-3H2,(H,8,9)(H,10,11). The van der Waals surface area contributed by atoms with Crippen LogP contribution in [-0.4, -0.2) is 88.8 Å². The number of aliphatic carboxylic acids is 1. The Balaban J connectivity index is 0.000000461. The predicted octanol–water partition coefficient (Wildman–Crippen LogP) is 5.12. The first kappa shape index (κ1) is 37.2. The summed E-state index contributed by atoms with van der Waals surface area (Å²) in [6, 6.07) is 8.85. The summed E-state index contributed by atoms with van der Waals surface area (Å²) in [6.45, 7) is 11.2. The van der Waals surface area contributed by atoms with E-state index < -0.39 is 63.1 Å². The number of hydrogen-bond donors (Lipinski definition) is 4. The Morgan fingerprint density at radius 2 is 1.49 bits per heavy atom. The van der Waals surface area contributed by atoms with E-state index in [1.807, 2.05) is 0 Å². The molecule has 0 aliphatic carbocycles. The highest BCUT2D eigenvalue weighted by Gasteiger charge is 2.37. The van der Waals surface area contributed by atoms with Crippen LogP contribution in [0.1, 0.15) is 67.2 Å². The summed E-state index contributed by atoms with van der Waals surface area (Å²) < 4.78 is 49.0. The number of anilines is 1. The normalized spacial score (nSPS) is 18.3. The van der Waals surface area contributed by atoms with Gasteiger partial charge in [-0.3, -0.25) is 14.6 Å². The lowest BCUT2D eigenvalue weighted by Gasteiger charge is -2.28. The van der Waals surface area contributed by atoms with Crippen molar-refractivity contribution in [2.45, 2.75) is 95.3 Å². The van der Waals surface area contributed by atoms with Crippen molar-refractivity contribution >= 4 is 39.8 Å². The summed E-state index contributed by atoms with van der Waals surface area (Å²) in [6.07, 6.45) is 0.418. The molecule has 2 aromatic carbocycles. The highest BCUT2D eigenvalue weighted by Crippen LogP contribution is 2.31. The van der Waals surface area contributed by atoms with Crippen LogP contribution in [0.25, 0.3) is 11.1 Å². The van der Waals surface area contributed by atoms with Gasteiger partial charge in [-0.25, -0.2) is 31.9 Å². The van der Waals surface area contributed by atoms with Crippen molar-refractivity contribution in [3.05, 3.63) is 48.3 Å². The second-order valence-electron chi connectivity index (χ2n) is 13.3. The molecule has 47 heavy (non-hydrogen) atoms. The molecule has 2 aliphatic rings. The molecule has 2 fully saturated rings.